The molecular weight excluding hydrogens is 308 g/mol. The molecule has 0 aromatic heterocycles. The standard InChI is InChI=1S/C19H23ClN2O/c1-2-22(18-10-4-3-5-11-18)13-7-12-21-19(23)15-16-8-6-9-17(20)14-16/h3-6,8-11,14H,2,7,12-13,15H2,1H3,(H,21,23). The van der Waals surface area contributed by atoms with Gasteiger partial charge in [0.25, 0.3) is 0 Å². The first kappa shape index (κ1) is 17.4. The lowest BCUT2D eigenvalue weighted by atomic mass is 10.1. The Morgan fingerprint density at radius 2 is 1.91 bits per heavy atom. The third-order valence-electron chi connectivity index (χ3n) is 3.68. The fraction of sp³-hybridized carbons (Fsp3) is 0.316. The maximum absolute atomic E-state index is 11.9. The molecule has 23 heavy (non-hydrogen) atoms. The van der Waals surface area contributed by atoms with Crippen LogP contribution in [0.3, 0.4) is 0 Å². The zero-order valence-electron chi connectivity index (χ0n) is 13.5. The maximum Gasteiger partial charge on any atom is 0.224 e. The zero-order chi connectivity index (χ0) is 16.5. The molecule has 0 saturated carbocycles. The zero-order valence-corrected chi connectivity index (χ0v) is 14.2. The van der Waals surface area contributed by atoms with Crippen molar-refractivity contribution in [3.8, 4) is 0 Å². The summed E-state index contributed by atoms with van der Waals surface area (Å²) in [6, 6.07) is 17.8. The van der Waals surface area contributed by atoms with Gasteiger partial charge in [0.2, 0.25) is 5.91 Å². The van der Waals surface area contributed by atoms with Gasteiger partial charge in [-0.2, -0.15) is 0 Å². The Balaban J connectivity index is 1.71. The molecule has 0 atom stereocenters. The Morgan fingerprint density at radius 1 is 1.13 bits per heavy atom. The van der Waals surface area contributed by atoms with Crippen LogP contribution in [-0.2, 0) is 11.2 Å². The highest BCUT2D eigenvalue weighted by Gasteiger charge is 2.05. The van der Waals surface area contributed by atoms with Gasteiger partial charge in [0.1, 0.15) is 0 Å². The molecule has 0 aliphatic carbocycles. The molecule has 0 saturated heterocycles. The van der Waals surface area contributed by atoms with Crippen molar-refractivity contribution >= 4 is 23.2 Å². The van der Waals surface area contributed by atoms with Crippen molar-refractivity contribution in [1.82, 2.24) is 5.32 Å². The number of rotatable bonds is 8. The van der Waals surface area contributed by atoms with E-state index in [1.807, 2.05) is 42.5 Å². The van der Waals surface area contributed by atoms with E-state index in [-0.39, 0.29) is 5.91 Å². The Bertz CT molecular complexity index is 616. The summed E-state index contributed by atoms with van der Waals surface area (Å²) in [5, 5.41) is 3.64. The molecular formula is C19H23ClN2O. The van der Waals surface area contributed by atoms with Crippen molar-refractivity contribution in [3.63, 3.8) is 0 Å². The van der Waals surface area contributed by atoms with Crippen LogP contribution < -0.4 is 10.2 Å². The minimum absolute atomic E-state index is 0.0371. The molecule has 0 fully saturated rings. The number of hydrogen-bond acceptors (Lipinski definition) is 2. The molecule has 0 heterocycles. The molecule has 1 N–H and O–H groups in total. The van der Waals surface area contributed by atoms with Crippen molar-refractivity contribution in [2.24, 2.45) is 0 Å². The van der Waals surface area contributed by atoms with E-state index < -0.39 is 0 Å². The average Bonchev–Trinajstić information content (AvgIpc) is 2.56. The largest absolute Gasteiger partial charge is 0.372 e. The normalized spacial score (nSPS) is 10.3. The van der Waals surface area contributed by atoms with Crippen LogP contribution in [0.2, 0.25) is 5.02 Å². The summed E-state index contributed by atoms with van der Waals surface area (Å²) in [7, 11) is 0. The van der Waals surface area contributed by atoms with Gasteiger partial charge in [0, 0.05) is 30.3 Å². The van der Waals surface area contributed by atoms with Gasteiger partial charge >= 0.3 is 0 Å². The number of nitrogens with one attached hydrogen (secondary N) is 1. The number of carbonyl (C=O) groups is 1. The molecule has 2 aromatic rings. The first-order chi connectivity index (χ1) is 11.2. The van der Waals surface area contributed by atoms with Crippen LogP contribution in [0.4, 0.5) is 5.69 Å². The van der Waals surface area contributed by atoms with Crippen molar-refractivity contribution in [2.75, 3.05) is 24.5 Å². The van der Waals surface area contributed by atoms with E-state index in [2.05, 4.69) is 29.3 Å². The molecule has 0 radical (unpaired) electrons. The summed E-state index contributed by atoms with van der Waals surface area (Å²) < 4.78 is 0. The Morgan fingerprint density at radius 3 is 2.61 bits per heavy atom. The fourth-order valence-electron chi connectivity index (χ4n) is 2.50. The van der Waals surface area contributed by atoms with E-state index in [9.17, 15) is 4.79 Å². The summed E-state index contributed by atoms with van der Waals surface area (Å²) in [4.78, 5) is 14.2. The summed E-state index contributed by atoms with van der Waals surface area (Å²) in [6.07, 6.45) is 1.29. The lowest BCUT2D eigenvalue weighted by Gasteiger charge is -2.23. The van der Waals surface area contributed by atoms with Gasteiger partial charge in [0.15, 0.2) is 0 Å². The number of halogens is 1. The molecule has 3 nitrogen and oxygen atoms in total. The van der Waals surface area contributed by atoms with Gasteiger partial charge in [-0.1, -0.05) is 41.9 Å². The number of para-hydroxylation sites is 1. The Hall–Kier alpha value is -2.00. The van der Waals surface area contributed by atoms with Crippen molar-refractivity contribution in [2.45, 2.75) is 19.8 Å². The van der Waals surface area contributed by atoms with Crippen LogP contribution in [0.25, 0.3) is 0 Å². The molecule has 4 heteroatoms. The van der Waals surface area contributed by atoms with Crippen LogP contribution in [0.15, 0.2) is 54.6 Å². The Kier molecular flexibility index (Phi) is 6.95. The predicted octanol–water partition coefficient (Wildman–Crippen LogP) is 3.92. The molecule has 1 amide bonds. The van der Waals surface area contributed by atoms with Crippen LogP contribution >= 0.6 is 11.6 Å². The second-order valence-corrected chi connectivity index (χ2v) is 5.86. The number of benzene rings is 2. The topological polar surface area (TPSA) is 32.3 Å². The fourth-order valence-corrected chi connectivity index (χ4v) is 2.71. The van der Waals surface area contributed by atoms with Gasteiger partial charge in [-0.25, -0.2) is 0 Å². The van der Waals surface area contributed by atoms with Gasteiger partial charge in [0.05, 0.1) is 6.42 Å². The number of nitrogens with zero attached hydrogens (tertiary/aromatic N) is 1. The van der Waals surface area contributed by atoms with E-state index in [4.69, 9.17) is 11.6 Å². The van der Waals surface area contributed by atoms with Crippen LogP contribution in [0.5, 0.6) is 0 Å². The lowest BCUT2D eigenvalue weighted by Crippen LogP contribution is -2.30. The number of carbonyl (C=O) groups excluding carboxylic acids is 1. The minimum Gasteiger partial charge on any atom is -0.372 e. The first-order valence-corrected chi connectivity index (χ1v) is 8.38. The van der Waals surface area contributed by atoms with E-state index in [1.165, 1.54) is 5.69 Å². The van der Waals surface area contributed by atoms with Crippen molar-refractivity contribution < 1.29 is 4.79 Å². The monoisotopic (exact) mass is 330 g/mol. The van der Waals surface area contributed by atoms with Crippen LogP contribution in [-0.4, -0.2) is 25.5 Å². The second-order valence-electron chi connectivity index (χ2n) is 5.43. The minimum atomic E-state index is 0.0371. The molecule has 0 aliphatic heterocycles. The highest BCUT2D eigenvalue weighted by atomic mass is 35.5. The van der Waals surface area contributed by atoms with E-state index >= 15 is 0 Å². The Labute approximate surface area is 143 Å². The number of amides is 1. The van der Waals surface area contributed by atoms with E-state index in [0.717, 1.165) is 25.1 Å². The summed E-state index contributed by atoms with van der Waals surface area (Å²) in [5.74, 6) is 0.0371. The highest BCUT2D eigenvalue weighted by Crippen LogP contribution is 2.13. The van der Waals surface area contributed by atoms with Gasteiger partial charge in [-0.3, -0.25) is 4.79 Å². The SMILES string of the molecule is CCN(CCCNC(=O)Cc1cccc(Cl)c1)c1ccccc1. The van der Waals surface area contributed by atoms with Crippen LogP contribution in [0, 0.1) is 0 Å². The van der Waals surface area contributed by atoms with Crippen molar-refractivity contribution in [1.29, 1.82) is 0 Å². The maximum atomic E-state index is 11.9. The number of hydrogen-bond donors (Lipinski definition) is 1. The summed E-state index contributed by atoms with van der Waals surface area (Å²) in [5.41, 5.74) is 2.16. The summed E-state index contributed by atoms with van der Waals surface area (Å²) >= 11 is 5.93. The predicted molar refractivity (Wildman–Crippen MR) is 97.1 cm³/mol. The van der Waals surface area contributed by atoms with E-state index in [1.54, 1.807) is 0 Å². The molecule has 2 rings (SSSR count). The smallest absolute Gasteiger partial charge is 0.224 e. The van der Waals surface area contributed by atoms with Crippen molar-refractivity contribution in [3.05, 3.63) is 65.2 Å². The van der Waals surface area contributed by atoms with Gasteiger partial charge in [-0.15, -0.1) is 0 Å². The van der Waals surface area contributed by atoms with E-state index in [0.29, 0.717) is 18.0 Å². The van der Waals surface area contributed by atoms with Gasteiger partial charge < -0.3 is 10.2 Å². The molecule has 2 aromatic carbocycles. The highest BCUT2D eigenvalue weighted by molar-refractivity contribution is 6.30. The van der Waals surface area contributed by atoms with Crippen LogP contribution in [0.1, 0.15) is 18.9 Å². The van der Waals surface area contributed by atoms with Gasteiger partial charge in [-0.05, 0) is 43.2 Å². The molecule has 0 spiro atoms. The molecule has 0 bridgehead atoms. The first-order valence-electron chi connectivity index (χ1n) is 8.00. The third-order valence-corrected chi connectivity index (χ3v) is 3.92. The third kappa shape index (κ3) is 5.95. The lowest BCUT2D eigenvalue weighted by molar-refractivity contribution is -0.120. The molecule has 0 unspecified atom stereocenters. The molecule has 0 aliphatic rings. The number of anilines is 1. The quantitative estimate of drug-likeness (QED) is 0.744. The summed E-state index contributed by atoms with van der Waals surface area (Å²) in [6.45, 7) is 4.71. The molecule has 122 valence electrons. The average molecular weight is 331 g/mol. The second kappa shape index (κ2) is 9.21.